The number of hydrogen-bond acceptors (Lipinski definition) is 3. The number of sulfonamides is 1. The molecule has 0 fully saturated rings. The second kappa shape index (κ2) is 7.23. The van der Waals surface area contributed by atoms with Crippen LogP contribution in [0, 0.1) is 0 Å². The standard InChI is InChI=1S/C19H19ClN2O3S/c1-13(10-14-2-5-17(20)6-3-14)19(23)22-9-8-15-4-7-18(26(21,24)25)11-16(15)12-22/h2-7,10-11H,8-9,12H2,1H3,(H2,21,24,25)/b13-10+. The van der Waals surface area contributed by atoms with Crippen LogP contribution in [0.25, 0.3) is 6.08 Å². The first kappa shape index (κ1) is 18.6. The first-order chi connectivity index (χ1) is 12.2. The molecule has 1 aliphatic heterocycles. The highest BCUT2D eigenvalue weighted by atomic mass is 35.5. The Labute approximate surface area is 158 Å². The molecule has 0 bridgehead atoms. The molecule has 2 N–H and O–H groups in total. The molecule has 3 rings (SSSR count). The number of carbonyl (C=O) groups excluding carboxylic acids is 1. The maximum absolute atomic E-state index is 12.7. The summed E-state index contributed by atoms with van der Waals surface area (Å²) in [5.74, 6) is -0.0772. The van der Waals surface area contributed by atoms with E-state index in [1.807, 2.05) is 18.2 Å². The van der Waals surface area contributed by atoms with Gasteiger partial charge in [-0.1, -0.05) is 29.8 Å². The van der Waals surface area contributed by atoms with E-state index in [2.05, 4.69) is 0 Å². The van der Waals surface area contributed by atoms with E-state index >= 15 is 0 Å². The van der Waals surface area contributed by atoms with Gasteiger partial charge in [0.25, 0.3) is 0 Å². The molecule has 0 saturated heterocycles. The normalized spacial score (nSPS) is 14.9. The number of amides is 1. The summed E-state index contributed by atoms with van der Waals surface area (Å²) in [5.41, 5.74) is 3.36. The predicted molar refractivity (Wildman–Crippen MR) is 102 cm³/mol. The minimum absolute atomic E-state index is 0.0685. The van der Waals surface area contributed by atoms with Gasteiger partial charge in [-0.3, -0.25) is 4.79 Å². The predicted octanol–water partition coefficient (Wildman–Crippen LogP) is 2.98. The molecule has 0 aliphatic carbocycles. The van der Waals surface area contributed by atoms with E-state index in [1.54, 1.807) is 36.1 Å². The Balaban J connectivity index is 1.81. The van der Waals surface area contributed by atoms with Crippen LogP contribution in [0.2, 0.25) is 5.02 Å². The van der Waals surface area contributed by atoms with Gasteiger partial charge in [0.2, 0.25) is 15.9 Å². The highest BCUT2D eigenvalue weighted by molar-refractivity contribution is 7.89. The van der Waals surface area contributed by atoms with Crippen molar-refractivity contribution < 1.29 is 13.2 Å². The van der Waals surface area contributed by atoms with Crippen LogP contribution in [0.1, 0.15) is 23.6 Å². The van der Waals surface area contributed by atoms with Crippen LogP contribution in [0.3, 0.4) is 0 Å². The first-order valence-electron chi connectivity index (χ1n) is 8.12. The summed E-state index contributed by atoms with van der Waals surface area (Å²) in [6.07, 6.45) is 2.50. The van der Waals surface area contributed by atoms with Gasteiger partial charge in [-0.25, -0.2) is 13.6 Å². The second-order valence-electron chi connectivity index (χ2n) is 6.33. The summed E-state index contributed by atoms with van der Waals surface area (Å²) in [4.78, 5) is 14.5. The van der Waals surface area contributed by atoms with E-state index in [9.17, 15) is 13.2 Å². The number of nitrogens with zero attached hydrogens (tertiary/aromatic N) is 1. The van der Waals surface area contributed by atoms with Crippen LogP contribution in [-0.2, 0) is 27.8 Å². The van der Waals surface area contributed by atoms with Crippen LogP contribution in [0.4, 0.5) is 0 Å². The lowest BCUT2D eigenvalue weighted by molar-refractivity contribution is -0.127. The number of benzene rings is 2. The second-order valence-corrected chi connectivity index (χ2v) is 8.33. The number of carbonyl (C=O) groups is 1. The summed E-state index contributed by atoms with van der Waals surface area (Å²) in [5, 5.41) is 5.85. The molecule has 0 unspecified atom stereocenters. The number of fused-ring (bicyclic) bond motifs is 1. The van der Waals surface area contributed by atoms with Gasteiger partial charge in [0.05, 0.1) is 4.90 Å². The Morgan fingerprint density at radius 1 is 1.15 bits per heavy atom. The van der Waals surface area contributed by atoms with Gasteiger partial charge in [-0.15, -0.1) is 0 Å². The maximum atomic E-state index is 12.7. The Morgan fingerprint density at radius 2 is 1.85 bits per heavy atom. The number of halogens is 1. The van der Waals surface area contributed by atoms with Crippen molar-refractivity contribution in [1.29, 1.82) is 0 Å². The smallest absolute Gasteiger partial charge is 0.249 e. The molecule has 2 aromatic carbocycles. The molecule has 1 amide bonds. The molecule has 26 heavy (non-hydrogen) atoms. The van der Waals surface area contributed by atoms with E-state index in [0.717, 1.165) is 16.7 Å². The lowest BCUT2D eigenvalue weighted by Crippen LogP contribution is -2.36. The monoisotopic (exact) mass is 390 g/mol. The zero-order valence-electron chi connectivity index (χ0n) is 14.3. The molecule has 2 aromatic rings. The van der Waals surface area contributed by atoms with Crippen LogP contribution in [0.5, 0.6) is 0 Å². The van der Waals surface area contributed by atoms with Crippen molar-refractivity contribution in [3.8, 4) is 0 Å². The van der Waals surface area contributed by atoms with Crippen molar-refractivity contribution in [2.24, 2.45) is 5.14 Å². The molecule has 5 nitrogen and oxygen atoms in total. The summed E-state index contributed by atoms with van der Waals surface area (Å²) in [7, 11) is -3.76. The van der Waals surface area contributed by atoms with Crippen molar-refractivity contribution in [3.05, 3.63) is 69.8 Å². The molecule has 0 atom stereocenters. The van der Waals surface area contributed by atoms with E-state index in [-0.39, 0.29) is 10.8 Å². The average Bonchev–Trinajstić information content (AvgIpc) is 2.61. The van der Waals surface area contributed by atoms with Crippen molar-refractivity contribution >= 4 is 33.6 Å². The highest BCUT2D eigenvalue weighted by Gasteiger charge is 2.23. The lowest BCUT2D eigenvalue weighted by Gasteiger charge is -2.29. The first-order valence-corrected chi connectivity index (χ1v) is 10.0. The van der Waals surface area contributed by atoms with E-state index < -0.39 is 10.0 Å². The third-order valence-corrected chi connectivity index (χ3v) is 5.56. The fourth-order valence-electron chi connectivity index (χ4n) is 3.00. The van der Waals surface area contributed by atoms with Gasteiger partial charge < -0.3 is 4.90 Å². The van der Waals surface area contributed by atoms with Crippen molar-refractivity contribution in [2.45, 2.75) is 24.8 Å². The Morgan fingerprint density at radius 3 is 2.50 bits per heavy atom. The van der Waals surface area contributed by atoms with Crippen molar-refractivity contribution in [1.82, 2.24) is 4.90 Å². The van der Waals surface area contributed by atoms with E-state index in [0.29, 0.717) is 30.1 Å². The van der Waals surface area contributed by atoms with E-state index in [4.69, 9.17) is 16.7 Å². The zero-order valence-corrected chi connectivity index (χ0v) is 15.8. The zero-order chi connectivity index (χ0) is 18.9. The third-order valence-electron chi connectivity index (χ3n) is 4.40. The largest absolute Gasteiger partial charge is 0.334 e. The van der Waals surface area contributed by atoms with Crippen LogP contribution >= 0.6 is 11.6 Å². The molecular formula is C19H19ClN2O3S. The van der Waals surface area contributed by atoms with Gasteiger partial charge >= 0.3 is 0 Å². The fourth-order valence-corrected chi connectivity index (χ4v) is 3.69. The highest BCUT2D eigenvalue weighted by Crippen LogP contribution is 2.23. The molecule has 7 heteroatoms. The molecule has 0 saturated carbocycles. The van der Waals surface area contributed by atoms with Gasteiger partial charge in [0.1, 0.15) is 0 Å². The maximum Gasteiger partial charge on any atom is 0.249 e. The lowest BCUT2D eigenvalue weighted by atomic mass is 9.99. The quantitative estimate of drug-likeness (QED) is 0.818. The number of hydrogen-bond donors (Lipinski definition) is 1. The van der Waals surface area contributed by atoms with Gasteiger partial charge in [0.15, 0.2) is 0 Å². The Hall–Kier alpha value is -2.15. The average molecular weight is 391 g/mol. The Bertz CT molecular complexity index is 982. The van der Waals surface area contributed by atoms with Crippen LogP contribution < -0.4 is 5.14 Å². The van der Waals surface area contributed by atoms with Crippen molar-refractivity contribution in [3.63, 3.8) is 0 Å². The molecule has 1 aliphatic rings. The van der Waals surface area contributed by atoms with Gasteiger partial charge in [-0.05, 0) is 60.4 Å². The van der Waals surface area contributed by atoms with Crippen LogP contribution in [-0.4, -0.2) is 25.8 Å². The van der Waals surface area contributed by atoms with Crippen molar-refractivity contribution in [2.75, 3.05) is 6.54 Å². The van der Waals surface area contributed by atoms with E-state index in [1.165, 1.54) is 6.07 Å². The SMILES string of the molecule is C/C(=C\c1ccc(Cl)cc1)C(=O)N1CCc2ccc(S(N)(=O)=O)cc2C1. The molecule has 1 heterocycles. The summed E-state index contributed by atoms with van der Waals surface area (Å²) in [6.45, 7) is 2.73. The number of primary sulfonamides is 1. The summed E-state index contributed by atoms with van der Waals surface area (Å²) >= 11 is 5.88. The molecule has 0 radical (unpaired) electrons. The summed E-state index contributed by atoms with van der Waals surface area (Å²) in [6, 6.07) is 12.1. The number of nitrogens with two attached hydrogens (primary N) is 1. The van der Waals surface area contributed by atoms with Crippen LogP contribution in [0.15, 0.2) is 52.9 Å². The van der Waals surface area contributed by atoms with Gasteiger partial charge in [-0.2, -0.15) is 0 Å². The topological polar surface area (TPSA) is 80.5 Å². The number of rotatable bonds is 3. The molecule has 136 valence electrons. The molecule has 0 spiro atoms. The minimum atomic E-state index is -3.76. The Kier molecular flexibility index (Phi) is 5.18. The third kappa shape index (κ3) is 4.15. The molecule has 0 aromatic heterocycles. The fraction of sp³-hybridized carbons (Fsp3) is 0.211. The summed E-state index contributed by atoms with van der Waals surface area (Å²) < 4.78 is 23.1. The van der Waals surface area contributed by atoms with Gasteiger partial charge in [0, 0.05) is 23.7 Å². The molecular weight excluding hydrogens is 372 g/mol. The minimum Gasteiger partial charge on any atom is -0.334 e.